The van der Waals surface area contributed by atoms with Gasteiger partial charge in [-0.1, -0.05) is 0 Å². The molecule has 8 heavy (non-hydrogen) atoms. The first-order chi connectivity index (χ1) is 3.80. The topological polar surface area (TPSA) is 40.2 Å². The lowest BCUT2D eigenvalue weighted by Gasteiger charge is -1.88. The largest absolute Gasteiger partial charge is 0.398 e. The highest BCUT2D eigenvalue weighted by molar-refractivity contribution is 5.41. The summed E-state index contributed by atoms with van der Waals surface area (Å²) in [7, 11) is 0. The average Bonchev–Trinajstić information content (AvgIpc) is 1.77. The van der Waals surface area contributed by atoms with Crippen LogP contribution in [0.2, 0.25) is 0 Å². The number of H-pyrrole nitrogens is 1. The number of pyridine rings is 1. The lowest BCUT2D eigenvalue weighted by molar-refractivity contribution is -0.378. The Hall–Kier alpha value is -1.05. The van der Waals surface area contributed by atoms with Crippen LogP contribution < -0.4 is 10.7 Å². The molecule has 0 unspecified atom stereocenters. The van der Waals surface area contributed by atoms with Gasteiger partial charge in [0.2, 0.25) is 0 Å². The smallest absolute Gasteiger partial charge is 0.171 e. The molecular weight excluding hydrogens is 100 g/mol. The molecular formula is C6H9N2+. The average molecular weight is 109 g/mol. The molecule has 2 nitrogen and oxygen atoms in total. The Morgan fingerprint density at radius 1 is 1.62 bits per heavy atom. The van der Waals surface area contributed by atoms with Crippen LogP contribution in [-0.4, -0.2) is 0 Å². The molecule has 0 saturated heterocycles. The quantitative estimate of drug-likeness (QED) is 0.514. The maximum Gasteiger partial charge on any atom is 0.171 e. The van der Waals surface area contributed by atoms with Crippen LogP contribution in [0.15, 0.2) is 18.5 Å². The van der Waals surface area contributed by atoms with Crippen molar-refractivity contribution in [2.24, 2.45) is 0 Å². The summed E-state index contributed by atoms with van der Waals surface area (Å²) in [6, 6.07) is 1.84. The number of nitrogen functional groups attached to an aromatic ring is 1. The molecule has 1 aromatic heterocycles. The van der Waals surface area contributed by atoms with Crippen LogP contribution in [-0.2, 0) is 0 Å². The maximum absolute atomic E-state index is 5.50. The van der Waals surface area contributed by atoms with Gasteiger partial charge in [0.05, 0.1) is 0 Å². The number of aromatic amines is 1. The van der Waals surface area contributed by atoms with Crippen LogP contribution in [0.4, 0.5) is 5.69 Å². The van der Waals surface area contributed by atoms with Gasteiger partial charge in [-0.2, -0.15) is 0 Å². The molecule has 1 heterocycles. The second kappa shape index (κ2) is 1.82. The highest BCUT2D eigenvalue weighted by atomic mass is 14.7. The Bertz CT molecular complexity index is 163. The second-order valence-electron chi connectivity index (χ2n) is 1.78. The van der Waals surface area contributed by atoms with Gasteiger partial charge in [0.15, 0.2) is 12.4 Å². The minimum absolute atomic E-state index is 0.837. The lowest BCUT2D eigenvalue weighted by atomic mass is 10.3. The lowest BCUT2D eigenvalue weighted by Crippen LogP contribution is -2.01. The molecule has 0 bridgehead atoms. The fraction of sp³-hybridized carbons (Fsp3) is 0.167. The molecule has 0 amide bonds. The molecule has 0 saturated carbocycles. The van der Waals surface area contributed by atoms with Crippen LogP contribution >= 0.6 is 0 Å². The Balaban J connectivity index is 3.13. The summed E-state index contributed by atoms with van der Waals surface area (Å²) in [5.41, 5.74) is 7.43. The van der Waals surface area contributed by atoms with E-state index < -0.39 is 0 Å². The SMILES string of the molecule is Cc1c[nH+]ccc1N. The van der Waals surface area contributed by atoms with Gasteiger partial charge >= 0.3 is 0 Å². The van der Waals surface area contributed by atoms with E-state index in [0.29, 0.717) is 0 Å². The first-order valence-electron chi connectivity index (χ1n) is 2.53. The van der Waals surface area contributed by atoms with Gasteiger partial charge in [-0.15, -0.1) is 0 Å². The third-order valence-electron chi connectivity index (χ3n) is 1.11. The molecule has 0 aliphatic carbocycles. The van der Waals surface area contributed by atoms with Crippen LogP contribution in [0.1, 0.15) is 5.56 Å². The predicted molar refractivity (Wildman–Crippen MR) is 32.1 cm³/mol. The number of nitrogens with one attached hydrogen (secondary N) is 1. The zero-order chi connectivity index (χ0) is 5.98. The van der Waals surface area contributed by atoms with Gasteiger partial charge in [-0.25, -0.2) is 4.98 Å². The number of hydrogen-bond acceptors (Lipinski definition) is 1. The summed E-state index contributed by atoms with van der Waals surface area (Å²) in [5, 5.41) is 0. The Kier molecular flexibility index (Phi) is 1.16. The van der Waals surface area contributed by atoms with Gasteiger partial charge in [-0.3, -0.25) is 0 Å². The van der Waals surface area contributed by atoms with Gasteiger partial charge in [0, 0.05) is 17.3 Å². The zero-order valence-corrected chi connectivity index (χ0v) is 4.81. The molecule has 0 aliphatic heterocycles. The number of rotatable bonds is 0. The monoisotopic (exact) mass is 109 g/mol. The fourth-order valence-electron chi connectivity index (χ4n) is 0.526. The van der Waals surface area contributed by atoms with Crippen molar-refractivity contribution >= 4 is 5.69 Å². The molecule has 1 rings (SSSR count). The molecule has 1 aromatic rings. The molecule has 0 aromatic carbocycles. The number of aromatic nitrogens is 1. The summed E-state index contributed by atoms with van der Waals surface area (Å²) in [4.78, 5) is 2.92. The van der Waals surface area contributed by atoms with E-state index in [0.717, 1.165) is 11.3 Å². The van der Waals surface area contributed by atoms with Crippen molar-refractivity contribution in [2.75, 3.05) is 5.73 Å². The molecule has 42 valence electrons. The minimum atomic E-state index is 0.837. The van der Waals surface area contributed by atoms with Crippen molar-refractivity contribution in [2.45, 2.75) is 6.92 Å². The zero-order valence-electron chi connectivity index (χ0n) is 4.81. The van der Waals surface area contributed by atoms with Crippen molar-refractivity contribution in [1.82, 2.24) is 0 Å². The maximum atomic E-state index is 5.50. The summed E-state index contributed by atoms with van der Waals surface area (Å²) in [6.07, 6.45) is 3.68. The van der Waals surface area contributed by atoms with E-state index in [1.807, 2.05) is 25.4 Å². The van der Waals surface area contributed by atoms with Crippen LogP contribution in [0.5, 0.6) is 0 Å². The summed E-state index contributed by atoms with van der Waals surface area (Å²) in [6.45, 7) is 1.96. The summed E-state index contributed by atoms with van der Waals surface area (Å²) >= 11 is 0. The molecule has 2 heteroatoms. The van der Waals surface area contributed by atoms with Gasteiger partial charge < -0.3 is 5.73 Å². The van der Waals surface area contributed by atoms with E-state index in [1.165, 1.54) is 0 Å². The summed E-state index contributed by atoms with van der Waals surface area (Å²) in [5.74, 6) is 0. The van der Waals surface area contributed by atoms with E-state index in [2.05, 4.69) is 4.98 Å². The molecule has 0 atom stereocenters. The van der Waals surface area contributed by atoms with Crippen molar-refractivity contribution in [1.29, 1.82) is 0 Å². The third-order valence-corrected chi connectivity index (χ3v) is 1.11. The van der Waals surface area contributed by atoms with Crippen molar-refractivity contribution < 1.29 is 4.98 Å². The first kappa shape index (κ1) is 5.09. The first-order valence-corrected chi connectivity index (χ1v) is 2.53. The van der Waals surface area contributed by atoms with E-state index in [-0.39, 0.29) is 0 Å². The van der Waals surface area contributed by atoms with E-state index in [1.54, 1.807) is 0 Å². The molecule has 0 fully saturated rings. The molecule has 0 radical (unpaired) electrons. The Labute approximate surface area is 48.4 Å². The summed E-state index contributed by atoms with van der Waals surface area (Å²) < 4.78 is 0. The molecule has 3 N–H and O–H groups in total. The number of hydrogen-bond donors (Lipinski definition) is 1. The van der Waals surface area contributed by atoms with Gasteiger partial charge in [-0.05, 0) is 6.92 Å². The van der Waals surface area contributed by atoms with Gasteiger partial charge in [0.25, 0.3) is 0 Å². The normalized spacial score (nSPS) is 9.12. The number of anilines is 1. The second-order valence-corrected chi connectivity index (χ2v) is 1.78. The highest BCUT2D eigenvalue weighted by Crippen LogP contribution is 2.02. The van der Waals surface area contributed by atoms with Crippen molar-refractivity contribution in [3.63, 3.8) is 0 Å². The van der Waals surface area contributed by atoms with Crippen LogP contribution in [0.25, 0.3) is 0 Å². The minimum Gasteiger partial charge on any atom is -0.398 e. The highest BCUT2D eigenvalue weighted by Gasteiger charge is 1.90. The Morgan fingerprint density at radius 3 is 2.75 bits per heavy atom. The number of nitrogens with two attached hydrogens (primary N) is 1. The fourth-order valence-corrected chi connectivity index (χ4v) is 0.526. The van der Waals surface area contributed by atoms with Crippen LogP contribution in [0, 0.1) is 6.92 Å². The third kappa shape index (κ3) is 0.780. The van der Waals surface area contributed by atoms with Crippen molar-refractivity contribution in [3.8, 4) is 0 Å². The predicted octanol–water partition coefficient (Wildman–Crippen LogP) is 0.391. The van der Waals surface area contributed by atoms with E-state index >= 15 is 0 Å². The molecule has 0 aliphatic rings. The molecule has 0 spiro atoms. The van der Waals surface area contributed by atoms with E-state index in [9.17, 15) is 0 Å². The Morgan fingerprint density at radius 2 is 2.38 bits per heavy atom. The van der Waals surface area contributed by atoms with Crippen molar-refractivity contribution in [3.05, 3.63) is 24.0 Å². The van der Waals surface area contributed by atoms with Gasteiger partial charge in [0.1, 0.15) is 0 Å². The van der Waals surface area contributed by atoms with Crippen LogP contribution in [0.3, 0.4) is 0 Å². The van der Waals surface area contributed by atoms with E-state index in [4.69, 9.17) is 5.73 Å². The standard InChI is InChI=1S/C6H8N2/c1-5-4-8-3-2-6(5)7/h2-4H,1H3,(H2,7,8)/p+1. The number of aryl methyl sites for hydroxylation is 1.